The molecule has 2 aromatic rings. The van der Waals surface area contributed by atoms with E-state index in [0.29, 0.717) is 24.8 Å². The zero-order valence-electron chi connectivity index (χ0n) is 15.4. The fraction of sp³-hybridized carbons (Fsp3) is 0.368. The molecule has 140 valence electrons. The number of benzene rings is 1. The number of nitrogens with two attached hydrogens (primary N) is 1. The fourth-order valence-electron chi connectivity index (χ4n) is 3.01. The van der Waals surface area contributed by atoms with Crippen molar-refractivity contribution in [3.05, 3.63) is 47.7 Å². The maximum Gasteiger partial charge on any atom is 0.319 e. The van der Waals surface area contributed by atoms with Crippen LogP contribution in [0.4, 0.5) is 16.3 Å². The number of rotatable bonds is 4. The van der Waals surface area contributed by atoms with Crippen LogP contribution in [0.15, 0.2) is 36.4 Å². The summed E-state index contributed by atoms with van der Waals surface area (Å²) in [5, 5.41) is 22.4. The molecule has 0 unspecified atom stereocenters. The normalized spacial score (nSPS) is 19.0. The average molecular weight is 365 g/mol. The molecule has 3 rings (SSSR count). The van der Waals surface area contributed by atoms with Gasteiger partial charge in [-0.05, 0) is 35.7 Å². The van der Waals surface area contributed by atoms with E-state index in [1.54, 1.807) is 12.1 Å². The molecule has 8 nitrogen and oxygen atoms in total. The zero-order valence-corrected chi connectivity index (χ0v) is 15.4. The number of carbonyl (C=O) groups excluding carboxylic acids is 1. The van der Waals surface area contributed by atoms with Gasteiger partial charge >= 0.3 is 6.03 Å². The Hall–Kier alpha value is -3.18. The molecule has 0 bridgehead atoms. The summed E-state index contributed by atoms with van der Waals surface area (Å²) in [5.74, 6) is 1.08. The van der Waals surface area contributed by atoms with Crippen molar-refractivity contribution in [2.75, 3.05) is 23.3 Å². The van der Waals surface area contributed by atoms with Gasteiger partial charge in [0.15, 0.2) is 11.5 Å². The Labute approximate surface area is 158 Å². The number of amides is 2. The van der Waals surface area contributed by atoms with Crippen molar-refractivity contribution < 1.29 is 4.79 Å². The van der Waals surface area contributed by atoms with E-state index in [1.165, 1.54) is 5.56 Å². The van der Waals surface area contributed by atoms with E-state index in [9.17, 15) is 4.79 Å². The molecule has 0 radical (unpaired) electrons. The average Bonchev–Trinajstić information content (AvgIpc) is 3.02. The maximum atomic E-state index is 12.3. The Morgan fingerprint density at radius 1 is 1.22 bits per heavy atom. The van der Waals surface area contributed by atoms with Crippen molar-refractivity contribution in [2.45, 2.75) is 31.8 Å². The molecule has 1 saturated heterocycles. The summed E-state index contributed by atoms with van der Waals surface area (Å²) in [5.41, 5.74) is 8.39. The molecule has 0 aliphatic carbocycles. The molecule has 2 amide bonds. The molecule has 0 spiro atoms. The van der Waals surface area contributed by atoms with Crippen LogP contribution < -0.4 is 21.3 Å². The van der Waals surface area contributed by atoms with E-state index in [-0.39, 0.29) is 23.8 Å². The molecule has 2 atom stereocenters. The third-order valence-electron chi connectivity index (χ3n) is 4.61. The summed E-state index contributed by atoms with van der Waals surface area (Å²) in [6, 6.07) is 12.4. The Kier molecular flexibility index (Phi) is 5.52. The number of nitrogens with zero attached hydrogens (tertiary/aromatic N) is 4. The number of aromatic nitrogens is 2. The maximum absolute atomic E-state index is 12.3. The van der Waals surface area contributed by atoms with Gasteiger partial charge in [-0.15, -0.1) is 10.2 Å². The lowest BCUT2D eigenvalue weighted by molar-refractivity contribution is 0.248. The molecule has 27 heavy (non-hydrogen) atoms. The van der Waals surface area contributed by atoms with Gasteiger partial charge in [0.1, 0.15) is 6.07 Å². The van der Waals surface area contributed by atoms with Crippen molar-refractivity contribution >= 4 is 17.5 Å². The molecule has 1 aromatic heterocycles. The van der Waals surface area contributed by atoms with Crippen LogP contribution in [-0.4, -0.2) is 41.4 Å². The van der Waals surface area contributed by atoms with E-state index >= 15 is 0 Å². The lowest BCUT2D eigenvalue weighted by atomic mass is 10.0. The molecule has 1 aromatic carbocycles. The zero-order chi connectivity index (χ0) is 19.4. The summed E-state index contributed by atoms with van der Waals surface area (Å²) in [7, 11) is 0. The molecule has 1 aliphatic rings. The van der Waals surface area contributed by atoms with Gasteiger partial charge in [0.05, 0.1) is 6.04 Å². The van der Waals surface area contributed by atoms with Crippen LogP contribution in [0.2, 0.25) is 0 Å². The summed E-state index contributed by atoms with van der Waals surface area (Å²) in [4.78, 5) is 14.2. The van der Waals surface area contributed by atoms with Crippen LogP contribution >= 0.6 is 0 Å². The van der Waals surface area contributed by atoms with Crippen LogP contribution in [0.1, 0.15) is 31.0 Å². The van der Waals surface area contributed by atoms with Crippen molar-refractivity contribution in [1.29, 1.82) is 5.26 Å². The lowest BCUT2D eigenvalue weighted by Crippen LogP contribution is -2.48. The largest absolute Gasteiger partial charge is 0.351 e. The van der Waals surface area contributed by atoms with Crippen LogP contribution in [0.5, 0.6) is 0 Å². The summed E-state index contributed by atoms with van der Waals surface area (Å²) < 4.78 is 0. The van der Waals surface area contributed by atoms with Crippen LogP contribution in [0.3, 0.4) is 0 Å². The molecular formula is C19H23N7O. The first-order valence-corrected chi connectivity index (χ1v) is 8.88. The molecule has 4 N–H and O–H groups in total. The summed E-state index contributed by atoms with van der Waals surface area (Å²) in [6.07, 6.45) is 0. The van der Waals surface area contributed by atoms with Crippen LogP contribution in [0.25, 0.3) is 0 Å². The quantitative estimate of drug-likeness (QED) is 0.760. The minimum Gasteiger partial charge on any atom is -0.351 e. The van der Waals surface area contributed by atoms with Gasteiger partial charge in [-0.3, -0.25) is 0 Å². The Morgan fingerprint density at radius 2 is 1.96 bits per heavy atom. The van der Waals surface area contributed by atoms with Gasteiger partial charge in [-0.1, -0.05) is 26.0 Å². The topological polar surface area (TPSA) is 120 Å². The first kappa shape index (κ1) is 18.6. The van der Waals surface area contributed by atoms with E-state index < -0.39 is 0 Å². The summed E-state index contributed by atoms with van der Waals surface area (Å²) >= 11 is 0. The minimum atomic E-state index is -0.291. The van der Waals surface area contributed by atoms with Gasteiger partial charge in [-0.25, -0.2) is 4.79 Å². The highest BCUT2D eigenvalue weighted by Gasteiger charge is 2.32. The monoisotopic (exact) mass is 365 g/mol. The highest BCUT2D eigenvalue weighted by Crippen LogP contribution is 2.18. The highest BCUT2D eigenvalue weighted by atomic mass is 16.2. The predicted octanol–water partition coefficient (Wildman–Crippen LogP) is 1.81. The minimum absolute atomic E-state index is 0.211. The number of nitrogens with one attached hydrogen (secondary N) is 2. The van der Waals surface area contributed by atoms with Gasteiger partial charge in [0, 0.05) is 24.8 Å². The van der Waals surface area contributed by atoms with E-state index in [1.807, 2.05) is 35.2 Å². The number of nitriles is 1. The SMILES string of the molecule is CC(C)c1ccc(NC(=O)N[C@H]2CN(c3ccc(C#N)nn3)C[C@H]2N)cc1. The molecule has 0 saturated carbocycles. The molecule has 8 heteroatoms. The Bertz CT molecular complexity index is 827. The Balaban J connectivity index is 1.56. The third-order valence-corrected chi connectivity index (χ3v) is 4.61. The van der Waals surface area contributed by atoms with Gasteiger partial charge in [0.25, 0.3) is 0 Å². The number of anilines is 2. The second-order valence-corrected chi connectivity index (χ2v) is 6.94. The molecule has 1 fully saturated rings. The smallest absolute Gasteiger partial charge is 0.319 e. The van der Waals surface area contributed by atoms with Crippen molar-refractivity contribution in [3.8, 4) is 6.07 Å². The van der Waals surface area contributed by atoms with E-state index in [2.05, 4.69) is 34.7 Å². The fourth-order valence-corrected chi connectivity index (χ4v) is 3.01. The highest BCUT2D eigenvalue weighted by molar-refractivity contribution is 5.89. The molecule has 2 heterocycles. The Morgan fingerprint density at radius 3 is 2.56 bits per heavy atom. The lowest BCUT2D eigenvalue weighted by Gasteiger charge is -2.18. The van der Waals surface area contributed by atoms with Crippen LogP contribution in [0, 0.1) is 11.3 Å². The van der Waals surface area contributed by atoms with E-state index in [0.717, 1.165) is 5.69 Å². The molecule has 1 aliphatic heterocycles. The standard InChI is InChI=1S/C19H23N7O/c1-12(2)13-3-5-14(6-4-13)22-19(27)23-17-11-26(10-16(17)21)18-8-7-15(9-20)24-25-18/h3-8,12,16-17H,10-11,21H2,1-2H3,(H2,22,23,27)/t16-,17+/m1/s1. The first-order valence-electron chi connectivity index (χ1n) is 8.88. The first-order chi connectivity index (χ1) is 13.0. The predicted molar refractivity (Wildman–Crippen MR) is 103 cm³/mol. The third kappa shape index (κ3) is 4.51. The van der Waals surface area contributed by atoms with Crippen molar-refractivity contribution in [2.24, 2.45) is 5.73 Å². The summed E-state index contributed by atoms with van der Waals surface area (Å²) in [6.45, 7) is 5.33. The van der Waals surface area contributed by atoms with Gasteiger partial charge in [0.2, 0.25) is 0 Å². The number of carbonyl (C=O) groups is 1. The number of urea groups is 1. The van der Waals surface area contributed by atoms with Gasteiger partial charge < -0.3 is 21.3 Å². The number of hydrogen-bond acceptors (Lipinski definition) is 6. The van der Waals surface area contributed by atoms with E-state index in [4.69, 9.17) is 11.0 Å². The second-order valence-electron chi connectivity index (χ2n) is 6.94. The van der Waals surface area contributed by atoms with Crippen LogP contribution in [-0.2, 0) is 0 Å². The van der Waals surface area contributed by atoms with Crippen molar-refractivity contribution in [3.63, 3.8) is 0 Å². The van der Waals surface area contributed by atoms with Gasteiger partial charge in [-0.2, -0.15) is 5.26 Å². The number of hydrogen-bond donors (Lipinski definition) is 3. The second kappa shape index (κ2) is 8.01. The molecular weight excluding hydrogens is 342 g/mol. The van der Waals surface area contributed by atoms with Crippen molar-refractivity contribution in [1.82, 2.24) is 15.5 Å².